The molecule has 2 N–H and O–H groups in total. The monoisotopic (exact) mass is 251 g/mol. The molecule has 1 unspecified atom stereocenters. The van der Waals surface area contributed by atoms with E-state index in [9.17, 15) is 5.11 Å². The minimum Gasteiger partial charge on any atom is -0.486 e. The lowest BCUT2D eigenvalue weighted by Crippen LogP contribution is -2.25. The van der Waals surface area contributed by atoms with E-state index in [-0.39, 0.29) is 0 Å². The van der Waals surface area contributed by atoms with Crippen molar-refractivity contribution in [1.29, 1.82) is 0 Å². The molecule has 4 heteroatoms. The van der Waals surface area contributed by atoms with Gasteiger partial charge < -0.3 is 19.9 Å². The van der Waals surface area contributed by atoms with Gasteiger partial charge in [0.2, 0.25) is 0 Å². The predicted octanol–water partition coefficient (Wildman–Crippen LogP) is 1.74. The summed E-state index contributed by atoms with van der Waals surface area (Å²) in [5, 5.41) is 13.3. The fourth-order valence-electron chi connectivity index (χ4n) is 1.89. The topological polar surface area (TPSA) is 50.7 Å². The molecule has 0 saturated carbocycles. The second kappa shape index (κ2) is 6.07. The molecule has 0 spiro atoms. The minimum absolute atomic E-state index is 0.514. The molecule has 2 rings (SSSR count). The average molecular weight is 251 g/mol. The van der Waals surface area contributed by atoms with Crippen LogP contribution in [0, 0.1) is 5.92 Å². The zero-order valence-electron chi connectivity index (χ0n) is 11.0. The van der Waals surface area contributed by atoms with Gasteiger partial charge in [-0.1, -0.05) is 19.9 Å². The van der Waals surface area contributed by atoms with Crippen molar-refractivity contribution in [2.24, 2.45) is 5.92 Å². The maximum atomic E-state index is 10.1. The minimum atomic E-state index is -0.514. The molecule has 100 valence electrons. The smallest absolute Gasteiger partial charge is 0.161 e. The van der Waals surface area contributed by atoms with Crippen LogP contribution in [0.25, 0.3) is 0 Å². The largest absolute Gasteiger partial charge is 0.486 e. The van der Waals surface area contributed by atoms with Gasteiger partial charge in [-0.25, -0.2) is 0 Å². The first-order valence-electron chi connectivity index (χ1n) is 6.45. The first-order chi connectivity index (χ1) is 8.66. The van der Waals surface area contributed by atoms with E-state index in [1.807, 2.05) is 18.2 Å². The zero-order valence-corrected chi connectivity index (χ0v) is 11.0. The van der Waals surface area contributed by atoms with Gasteiger partial charge in [-0.2, -0.15) is 0 Å². The van der Waals surface area contributed by atoms with Gasteiger partial charge >= 0.3 is 0 Å². The van der Waals surface area contributed by atoms with Crippen LogP contribution >= 0.6 is 0 Å². The van der Waals surface area contributed by atoms with Crippen LogP contribution in [0.3, 0.4) is 0 Å². The molecule has 0 amide bonds. The fraction of sp³-hybridized carbons (Fsp3) is 0.571. The number of rotatable bonds is 5. The Labute approximate surface area is 108 Å². The van der Waals surface area contributed by atoms with E-state index >= 15 is 0 Å². The molecule has 1 atom stereocenters. The second-order valence-corrected chi connectivity index (χ2v) is 4.97. The average Bonchev–Trinajstić information content (AvgIpc) is 2.37. The van der Waals surface area contributed by atoms with E-state index in [4.69, 9.17) is 9.47 Å². The van der Waals surface area contributed by atoms with E-state index in [0.29, 0.717) is 25.7 Å². The summed E-state index contributed by atoms with van der Waals surface area (Å²) in [6.07, 6.45) is -0.514. The fourth-order valence-corrected chi connectivity index (χ4v) is 1.89. The molecule has 1 aliphatic rings. The van der Waals surface area contributed by atoms with Crippen LogP contribution < -0.4 is 14.8 Å². The van der Waals surface area contributed by atoms with Gasteiger partial charge in [0, 0.05) is 6.54 Å². The van der Waals surface area contributed by atoms with Crippen LogP contribution in [0.1, 0.15) is 25.5 Å². The maximum Gasteiger partial charge on any atom is 0.161 e. The molecule has 0 aromatic heterocycles. The van der Waals surface area contributed by atoms with Crippen LogP contribution in [-0.4, -0.2) is 31.4 Å². The summed E-state index contributed by atoms with van der Waals surface area (Å²) in [5.41, 5.74) is 0.857. The van der Waals surface area contributed by atoms with Crippen molar-refractivity contribution in [2.45, 2.75) is 20.0 Å². The summed E-state index contributed by atoms with van der Waals surface area (Å²) in [5.74, 6) is 2.06. The van der Waals surface area contributed by atoms with Gasteiger partial charge in [0.15, 0.2) is 11.5 Å². The van der Waals surface area contributed by atoms with Crippen molar-refractivity contribution in [3.05, 3.63) is 23.8 Å². The number of aliphatic hydroxyl groups excluding tert-OH is 1. The number of hydrogen-bond acceptors (Lipinski definition) is 4. The lowest BCUT2D eigenvalue weighted by atomic mass is 10.1. The Balaban J connectivity index is 1.95. The molecule has 1 heterocycles. The highest BCUT2D eigenvalue weighted by Crippen LogP contribution is 2.32. The molecule has 0 saturated heterocycles. The Bertz CT molecular complexity index is 393. The molecule has 0 fully saturated rings. The standard InChI is InChI=1S/C14H21NO3/c1-10(2)8-15-9-12(16)11-3-4-13-14(7-11)18-6-5-17-13/h3-4,7,10,12,15-16H,5-6,8-9H2,1-2H3. The summed E-state index contributed by atoms with van der Waals surface area (Å²) in [7, 11) is 0. The quantitative estimate of drug-likeness (QED) is 0.837. The number of hydrogen-bond donors (Lipinski definition) is 2. The highest BCUT2D eigenvalue weighted by Gasteiger charge is 2.15. The van der Waals surface area contributed by atoms with Crippen molar-refractivity contribution < 1.29 is 14.6 Å². The van der Waals surface area contributed by atoms with Gasteiger partial charge in [-0.15, -0.1) is 0 Å². The van der Waals surface area contributed by atoms with Gasteiger partial charge in [0.1, 0.15) is 13.2 Å². The van der Waals surface area contributed by atoms with E-state index in [0.717, 1.165) is 23.6 Å². The summed E-state index contributed by atoms with van der Waals surface area (Å²) in [6, 6.07) is 5.60. The molecule has 0 bridgehead atoms. The third-order valence-electron chi connectivity index (χ3n) is 2.84. The normalized spacial score (nSPS) is 15.8. The SMILES string of the molecule is CC(C)CNCC(O)c1ccc2c(c1)OCCO2. The van der Waals surface area contributed by atoms with Crippen LogP contribution in [0.15, 0.2) is 18.2 Å². The summed E-state index contributed by atoms with van der Waals surface area (Å²) in [6.45, 7) is 6.90. The Morgan fingerprint density at radius 2 is 1.89 bits per heavy atom. The zero-order chi connectivity index (χ0) is 13.0. The molecule has 4 nitrogen and oxygen atoms in total. The highest BCUT2D eigenvalue weighted by molar-refractivity contribution is 5.44. The summed E-state index contributed by atoms with van der Waals surface area (Å²) >= 11 is 0. The predicted molar refractivity (Wildman–Crippen MR) is 70.1 cm³/mol. The number of ether oxygens (including phenoxy) is 2. The first-order valence-corrected chi connectivity index (χ1v) is 6.45. The lowest BCUT2D eigenvalue weighted by molar-refractivity contribution is 0.162. The lowest BCUT2D eigenvalue weighted by Gasteiger charge is -2.20. The third kappa shape index (κ3) is 3.37. The summed E-state index contributed by atoms with van der Waals surface area (Å²) < 4.78 is 10.9. The van der Waals surface area contributed by atoms with Crippen LogP contribution in [0.2, 0.25) is 0 Å². The van der Waals surface area contributed by atoms with Crippen LogP contribution in [-0.2, 0) is 0 Å². The van der Waals surface area contributed by atoms with Crippen molar-refractivity contribution in [3.8, 4) is 11.5 Å². The number of aliphatic hydroxyl groups is 1. The van der Waals surface area contributed by atoms with Gasteiger partial charge in [-0.3, -0.25) is 0 Å². The summed E-state index contributed by atoms with van der Waals surface area (Å²) in [4.78, 5) is 0. The second-order valence-electron chi connectivity index (χ2n) is 4.97. The molecular formula is C14H21NO3. The molecule has 0 aliphatic carbocycles. The number of benzene rings is 1. The number of nitrogens with one attached hydrogen (secondary N) is 1. The molecule has 0 radical (unpaired) electrons. The van der Waals surface area contributed by atoms with Crippen LogP contribution in [0.5, 0.6) is 11.5 Å². The first kappa shape index (κ1) is 13.2. The molecule has 1 aromatic rings. The Kier molecular flexibility index (Phi) is 4.44. The number of fused-ring (bicyclic) bond motifs is 1. The van der Waals surface area contributed by atoms with Crippen molar-refractivity contribution in [2.75, 3.05) is 26.3 Å². The molecular weight excluding hydrogens is 230 g/mol. The molecule has 1 aliphatic heterocycles. The third-order valence-corrected chi connectivity index (χ3v) is 2.84. The Hall–Kier alpha value is -1.26. The van der Waals surface area contributed by atoms with Crippen molar-refractivity contribution >= 4 is 0 Å². The van der Waals surface area contributed by atoms with Gasteiger partial charge in [-0.05, 0) is 30.2 Å². The maximum absolute atomic E-state index is 10.1. The van der Waals surface area contributed by atoms with Crippen molar-refractivity contribution in [3.63, 3.8) is 0 Å². The van der Waals surface area contributed by atoms with Gasteiger partial charge in [0.25, 0.3) is 0 Å². The van der Waals surface area contributed by atoms with E-state index in [2.05, 4.69) is 19.2 Å². The van der Waals surface area contributed by atoms with Crippen molar-refractivity contribution in [1.82, 2.24) is 5.32 Å². The van der Waals surface area contributed by atoms with Crippen LogP contribution in [0.4, 0.5) is 0 Å². The van der Waals surface area contributed by atoms with Gasteiger partial charge in [0.05, 0.1) is 6.10 Å². The molecule has 1 aromatic carbocycles. The molecule has 18 heavy (non-hydrogen) atoms. The highest BCUT2D eigenvalue weighted by atomic mass is 16.6. The Morgan fingerprint density at radius 1 is 1.17 bits per heavy atom. The van der Waals surface area contributed by atoms with E-state index in [1.54, 1.807) is 0 Å². The van der Waals surface area contributed by atoms with E-state index < -0.39 is 6.10 Å². The Morgan fingerprint density at radius 3 is 2.61 bits per heavy atom. The van der Waals surface area contributed by atoms with E-state index in [1.165, 1.54) is 0 Å².